The predicted octanol–water partition coefficient (Wildman–Crippen LogP) is 2.81. The van der Waals surface area contributed by atoms with E-state index in [0.29, 0.717) is 12.1 Å². The molecule has 0 radical (unpaired) electrons. The highest BCUT2D eigenvalue weighted by atomic mass is 19.1. The Labute approximate surface area is 134 Å². The molecule has 2 rings (SSSR count). The van der Waals surface area contributed by atoms with Crippen LogP contribution in [0.4, 0.5) is 4.39 Å². The normalized spacial score (nSPS) is 10.2. The summed E-state index contributed by atoms with van der Waals surface area (Å²) in [7, 11) is 0. The molecule has 0 aliphatic heterocycles. The topological polar surface area (TPSA) is 58.2 Å². The van der Waals surface area contributed by atoms with E-state index in [2.05, 4.69) is 10.6 Å². The summed E-state index contributed by atoms with van der Waals surface area (Å²) in [4.78, 5) is 23.8. The molecule has 0 atom stereocenters. The third kappa shape index (κ3) is 4.39. The van der Waals surface area contributed by atoms with Crippen LogP contribution in [0, 0.1) is 12.7 Å². The van der Waals surface area contributed by atoms with Crippen molar-refractivity contribution >= 4 is 11.8 Å². The van der Waals surface area contributed by atoms with Crippen LogP contribution in [0.5, 0.6) is 0 Å². The fourth-order valence-electron chi connectivity index (χ4n) is 2.17. The Morgan fingerprint density at radius 1 is 1.04 bits per heavy atom. The lowest BCUT2D eigenvalue weighted by molar-refractivity contribution is 0.0944. The fourth-order valence-corrected chi connectivity index (χ4v) is 2.17. The summed E-state index contributed by atoms with van der Waals surface area (Å²) in [6, 6.07) is 11.4. The monoisotopic (exact) mass is 314 g/mol. The first-order valence-corrected chi connectivity index (χ1v) is 7.42. The fraction of sp³-hybridized carbons (Fsp3) is 0.222. The second kappa shape index (κ2) is 7.54. The second-order valence-corrected chi connectivity index (χ2v) is 5.23. The SMILES string of the molecule is CCNC(=O)c1cccc(CNC(=O)c2ccc(C)cc2F)c1. The Morgan fingerprint density at radius 3 is 2.52 bits per heavy atom. The number of amides is 2. The summed E-state index contributed by atoms with van der Waals surface area (Å²) in [5.41, 5.74) is 2.07. The maximum absolute atomic E-state index is 13.8. The molecule has 0 fully saturated rings. The first-order valence-electron chi connectivity index (χ1n) is 7.42. The van der Waals surface area contributed by atoms with Gasteiger partial charge < -0.3 is 10.6 Å². The van der Waals surface area contributed by atoms with Crippen molar-refractivity contribution in [3.8, 4) is 0 Å². The number of hydrogen-bond donors (Lipinski definition) is 2. The van der Waals surface area contributed by atoms with Gasteiger partial charge in [-0.2, -0.15) is 0 Å². The molecule has 4 nitrogen and oxygen atoms in total. The molecule has 2 aromatic carbocycles. The lowest BCUT2D eigenvalue weighted by Gasteiger charge is -2.08. The average molecular weight is 314 g/mol. The van der Waals surface area contributed by atoms with Gasteiger partial charge in [-0.3, -0.25) is 9.59 Å². The third-order valence-corrected chi connectivity index (χ3v) is 3.35. The highest BCUT2D eigenvalue weighted by Gasteiger charge is 2.11. The summed E-state index contributed by atoms with van der Waals surface area (Å²) in [5, 5.41) is 5.38. The zero-order valence-corrected chi connectivity index (χ0v) is 13.2. The molecule has 0 aromatic heterocycles. The van der Waals surface area contributed by atoms with Crippen LogP contribution < -0.4 is 10.6 Å². The summed E-state index contributed by atoms with van der Waals surface area (Å²) in [6.07, 6.45) is 0. The minimum absolute atomic E-state index is 0.00970. The number of carbonyl (C=O) groups is 2. The van der Waals surface area contributed by atoms with Crippen LogP contribution in [-0.2, 0) is 6.54 Å². The van der Waals surface area contributed by atoms with Gasteiger partial charge in [-0.25, -0.2) is 4.39 Å². The minimum atomic E-state index is -0.543. The molecule has 0 heterocycles. The molecule has 120 valence electrons. The number of hydrogen-bond acceptors (Lipinski definition) is 2. The van der Waals surface area contributed by atoms with Gasteiger partial charge in [-0.1, -0.05) is 18.2 Å². The van der Waals surface area contributed by atoms with E-state index in [0.717, 1.165) is 11.1 Å². The first kappa shape index (κ1) is 16.7. The van der Waals surface area contributed by atoms with E-state index < -0.39 is 11.7 Å². The second-order valence-electron chi connectivity index (χ2n) is 5.23. The molecule has 0 saturated carbocycles. The first-order chi connectivity index (χ1) is 11.0. The van der Waals surface area contributed by atoms with Crippen LogP contribution in [-0.4, -0.2) is 18.4 Å². The number of rotatable bonds is 5. The van der Waals surface area contributed by atoms with Crippen LogP contribution >= 0.6 is 0 Å². The zero-order chi connectivity index (χ0) is 16.8. The van der Waals surface area contributed by atoms with E-state index >= 15 is 0 Å². The molecule has 0 bridgehead atoms. The Morgan fingerprint density at radius 2 is 1.83 bits per heavy atom. The number of aryl methyl sites for hydroxylation is 1. The lowest BCUT2D eigenvalue weighted by atomic mass is 10.1. The quantitative estimate of drug-likeness (QED) is 0.891. The van der Waals surface area contributed by atoms with Crippen LogP contribution in [0.25, 0.3) is 0 Å². The Balaban J connectivity index is 2.04. The van der Waals surface area contributed by atoms with Gasteiger partial charge in [-0.05, 0) is 49.2 Å². The van der Waals surface area contributed by atoms with E-state index in [-0.39, 0.29) is 18.0 Å². The van der Waals surface area contributed by atoms with Gasteiger partial charge in [0.15, 0.2) is 0 Å². The van der Waals surface area contributed by atoms with Crippen molar-refractivity contribution in [2.75, 3.05) is 6.54 Å². The minimum Gasteiger partial charge on any atom is -0.352 e. The number of benzene rings is 2. The molecule has 2 N–H and O–H groups in total. The maximum atomic E-state index is 13.8. The molecular formula is C18H19FN2O2. The van der Waals surface area contributed by atoms with E-state index in [1.807, 2.05) is 6.92 Å². The van der Waals surface area contributed by atoms with Crippen LogP contribution in [0.15, 0.2) is 42.5 Å². The molecule has 5 heteroatoms. The molecule has 0 spiro atoms. The van der Waals surface area contributed by atoms with Gasteiger partial charge >= 0.3 is 0 Å². The largest absolute Gasteiger partial charge is 0.352 e. The molecule has 0 aliphatic carbocycles. The van der Waals surface area contributed by atoms with Crippen molar-refractivity contribution in [3.63, 3.8) is 0 Å². The highest BCUT2D eigenvalue weighted by molar-refractivity contribution is 5.95. The van der Waals surface area contributed by atoms with Crippen LogP contribution in [0.3, 0.4) is 0 Å². The molecule has 2 aromatic rings. The van der Waals surface area contributed by atoms with E-state index in [9.17, 15) is 14.0 Å². The zero-order valence-electron chi connectivity index (χ0n) is 13.2. The average Bonchev–Trinajstić information content (AvgIpc) is 2.53. The standard InChI is InChI=1S/C18H19FN2O2/c1-3-20-17(22)14-6-4-5-13(10-14)11-21-18(23)15-8-7-12(2)9-16(15)19/h4-10H,3,11H2,1-2H3,(H,20,22)(H,21,23). The van der Waals surface area contributed by atoms with Crippen LogP contribution in [0.2, 0.25) is 0 Å². The van der Waals surface area contributed by atoms with Crippen molar-refractivity contribution in [1.82, 2.24) is 10.6 Å². The van der Waals surface area contributed by atoms with Gasteiger partial charge in [0.2, 0.25) is 0 Å². The van der Waals surface area contributed by atoms with Crippen molar-refractivity contribution in [1.29, 1.82) is 0 Å². The molecule has 2 amide bonds. The van der Waals surface area contributed by atoms with Gasteiger partial charge in [0.1, 0.15) is 5.82 Å². The Bertz CT molecular complexity index is 729. The summed E-state index contributed by atoms with van der Waals surface area (Å²) in [6.45, 7) is 4.38. The highest BCUT2D eigenvalue weighted by Crippen LogP contribution is 2.10. The molecule has 0 unspecified atom stereocenters. The van der Waals surface area contributed by atoms with Gasteiger partial charge in [0.05, 0.1) is 5.56 Å². The van der Waals surface area contributed by atoms with E-state index in [1.54, 1.807) is 37.3 Å². The molecule has 0 saturated heterocycles. The number of carbonyl (C=O) groups excluding carboxylic acids is 2. The maximum Gasteiger partial charge on any atom is 0.254 e. The molecule has 0 aliphatic rings. The van der Waals surface area contributed by atoms with E-state index in [4.69, 9.17) is 0 Å². The van der Waals surface area contributed by atoms with E-state index in [1.165, 1.54) is 12.1 Å². The summed E-state index contributed by atoms with van der Waals surface area (Å²) in [5.74, 6) is -1.19. The number of nitrogens with one attached hydrogen (secondary N) is 2. The Hall–Kier alpha value is -2.69. The van der Waals surface area contributed by atoms with Crippen molar-refractivity contribution in [2.45, 2.75) is 20.4 Å². The molecule has 23 heavy (non-hydrogen) atoms. The van der Waals surface area contributed by atoms with Gasteiger partial charge in [-0.15, -0.1) is 0 Å². The van der Waals surface area contributed by atoms with Gasteiger partial charge in [0.25, 0.3) is 11.8 Å². The van der Waals surface area contributed by atoms with Crippen molar-refractivity contribution in [2.24, 2.45) is 0 Å². The lowest BCUT2D eigenvalue weighted by Crippen LogP contribution is -2.25. The summed E-state index contributed by atoms with van der Waals surface area (Å²) < 4.78 is 13.8. The smallest absolute Gasteiger partial charge is 0.254 e. The van der Waals surface area contributed by atoms with Crippen molar-refractivity contribution < 1.29 is 14.0 Å². The van der Waals surface area contributed by atoms with Gasteiger partial charge in [0, 0.05) is 18.7 Å². The summed E-state index contributed by atoms with van der Waals surface area (Å²) >= 11 is 0. The van der Waals surface area contributed by atoms with Crippen molar-refractivity contribution in [3.05, 3.63) is 70.5 Å². The van der Waals surface area contributed by atoms with Crippen LogP contribution in [0.1, 0.15) is 38.8 Å². The predicted molar refractivity (Wildman–Crippen MR) is 86.8 cm³/mol. The Kier molecular flexibility index (Phi) is 5.46. The number of halogens is 1. The molecular weight excluding hydrogens is 295 g/mol. The third-order valence-electron chi connectivity index (χ3n) is 3.35.